The van der Waals surface area contributed by atoms with E-state index < -0.39 is 0 Å². The van der Waals surface area contributed by atoms with Crippen LogP contribution in [-0.2, 0) is 0 Å². The van der Waals surface area contributed by atoms with Crippen LogP contribution in [0.5, 0.6) is 0 Å². The number of fused-ring (bicyclic) bond motifs is 1. The lowest BCUT2D eigenvalue weighted by Gasteiger charge is -1.95. The van der Waals surface area contributed by atoms with Crippen molar-refractivity contribution in [3.05, 3.63) is 42.0 Å². The molecule has 0 saturated heterocycles. The lowest BCUT2D eigenvalue weighted by molar-refractivity contribution is 1.26. The van der Waals surface area contributed by atoms with E-state index in [0.29, 0.717) is 0 Å². The Hall–Kier alpha value is -1.37. The number of para-hydroxylation sites is 1. The van der Waals surface area contributed by atoms with Crippen molar-refractivity contribution in [2.45, 2.75) is 6.90 Å². The molecule has 0 bridgehead atoms. The van der Waals surface area contributed by atoms with Crippen molar-refractivity contribution in [2.24, 2.45) is 0 Å². The Bertz CT molecular complexity index is 610. The molecule has 0 aliphatic carbocycles. The predicted octanol–water partition coefficient (Wildman–Crippen LogP) is 2.54. The molecule has 0 amide bonds. The topological polar surface area (TPSA) is 12.9 Å². The lowest BCUT2D eigenvalue weighted by atomic mass is 10.2. The maximum Gasteiger partial charge on any atom is 0.0705 e. The van der Waals surface area contributed by atoms with Crippen LogP contribution in [0.1, 0.15) is 13.9 Å². The van der Waals surface area contributed by atoms with Gasteiger partial charge in [0.15, 0.2) is 0 Å². The quantitative estimate of drug-likeness (QED) is 0.561. The Morgan fingerprint density at radius 1 is 1.36 bits per heavy atom. The molecule has 0 radical (unpaired) electrons. The Kier molecular flexibility index (Phi) is 0.553. The number of benzene rings is 1. The van der Waals surface area contributed by atoms with Crippen molar-refractivity contribution in [2.75, 3.05) is 0 Å². The highest BCUT2D eigenvalue weighted by atomic mass is 14.7. The fraction of sp³-hybridized carbons (Fsp3) is 0.100. The molecule has 0 atom stereocenters. The zero-order valence-corrected chi connectivity index (χ0v) is 5.73. The van der Waals surface area contributed by atoms with Crippen LogP contribution >= 0.6 is 0 Å². The highest BCUT2D eigenvalue weighted by Crippen LogP contribution is 2.10. The second kappa shape index (κ2) is 2.35. The van der Waals surface area contributed by atoms with Crippen molar-refractivity contribution in [3.63, 3.8) is 0 Å². The van der Waals surface area contributed by atoms with E-state index in [9.17, 15) is 0 Å². The van der Waals surface area contributed by atoms with Gasteiger partial charge < -0.3 is 0 Å². The number of hydrogen-bond acceptors (Lipinski definition) is 1. The largest absolute Gasteiger partial charge is 0.253 e. The van der Waals surface area contributed by atoms with Gasteiger partial charge in [-0.2, -0.15) is 0 Å². The predicted molar refractivity (Wildman–Crippen MR) is 46.5 cm³/mol. The monoisotopic (exact) mass is 149 g/mol. The Balaban J connectivity index is 2.96. The van der Waals surface area contributed by atoms with Crippen molar-refractivity contribution in [1.29, 1.82) is 0 Å². The summed E-state index contributed by atoms with van der Waals surface area (Å²) in [6.45, 7) is -0.183. The van der Waals surface area contributed by atoms with E-state index in [2.05, 4.69) is 4.98 Å². The molecule has 1 aromatic carbocycles. The van der Waals surface area contributed by atoms with Crippen LogP contribution in [0.25, 0.3) is 10.9 Å². The molecule has 1 heteroatoms. The summed E-state index contributed by atoms with van der Waals surface area (Å²) in [4.78, 5) is 3.97. The first-order valence-electron chi connectivity index (χ1n) is 6.34. The third-order valence-corrected chi connectivity index (χ3v) is 1.33. The van der Waals surface area contributed by atoms with Crippen LogP contribution < -0.4 is 0 Å². The molecule has 0 unspecified atom stereocenters. The van der Waals surface area contributed by atoms with Gasteiger partial charge in [-0.15, -0.1) is 0 Å². The Morgan fingerprint density at radius 3 is 3.18 bits per heavy atom. The number of pyridine rings is 1. The van der Waals surface area contributed by atoms with E-state index in [4.69, 9.17) is 8.22 Å². The minimum atomic E-state index is -0.344. The zero-order chi connectivity index (χ0) is 12.7. The third kappa shape index (κ3) is 1.09. The van der Waals surface area contributed by atoms with Crippen LogP contribution in [0.2, 0.25) is 0 Å². The van der Waals surface area contributed by atoms with Gasteiger partial charge in [0.25, 0.3) is 0 Å². The second-order valence-electron chi connectivity index (χ2n) is 2.11. The maximum atomic E-state index is 7.69. The van der Waals surface area contributed by atoms with Crippen LogP contribution in [0.3, 0.4) is 0 Å². The number of aromatic nitrogens is 1. The molecule has 54 valence electrons. The van der Waals surface area contributed by atoms with Crippen molar-refractivity contribution in [1.82, 2.24) is 4.98 Å². The van der Waals surface area contributed by atoms with Crippen LogP contribution in [-0.4, -0.2) is 4.98 Å². The minimum absolute atomic E-state index is 0.0255. The molecule has 1 aromatic heterocycles. The molecule has 0 spiro atoms. The normalized spacial score (nSPS) is 17.8. The van der Waals surface area contributed by atoms with Gasteiger partial charge >= 0.3 is 0 Å². The average Bonchev–Trinajstić information content (AvgIpc) is 2.33. The fourth-order valence-corrected chi connectivity index (χ4v) is 0.831. The molecule has 2 aromatic rings. The van der Waals surface area contributed by atoms with E-state index in [1.807, 2.05) is 0 Å². The zero-order valence-electron chi connectivity index (χ0n) is 11.7. The molecule has 0 N–H and O–H groups in total. The first kappa shape index (κ1) is 2.59. The highest BCUT2D eigenvalue weighted by molar-refractivity contribution is 5.78. The molecule has 0 aliphatic rings. The SMILES string of the molecule is [2H]Cc1nc2c([2H])c([2H])c([2H])c([2H])c2cc1[2H]. The van der Waals surface area contributed by atoms with Crippen LogP contribution in [0.15, 0.2) is 36.3 Å². The Labute approximate surface area is 74.1 Å². The van der Waals surface area contributed by atoms with Crippen LogP contribution in [0.4, 0.5) is 0 Å². The van der Waals surface area contributed by atoms with E-state index in [1.54, 1.807) is 0 Å². The summed E-state index contributed by atoms with van der Waals surface area (Å²) in [6.07, 6.45) is 0. The summed E-state index contributed by atoms with van der Waals surface area (Å²) in [5.74, 6) is 0. The molecule has 0 saturated carbocycles. The summed E-state index contributed by atoms with van der Waals surface area (Å²) >= 11 is 0. The van der Waals surface area contributed by atoms with E-state index in [1.165, 1.54) is 6.07 Å². The van der Waals surface area contributed by atoms with Crippen molar-refractivity contribution < 1.29 is 8.22 Å². The van der Waals surface area contributed by atoms with Crippen LogP contribution in [0, 0.1) is 6.90 Å². The maximum absolute atomic E-state index is 7.69. The molecular weight excluding hydrogens is 134 g/mol. The first-order chi connectivity index (χ1) is 7.97. The van der Waals surface area contributed by atoms with Gasteiger partial charge in [-0.3, -0.25) is 4.98 Å². The van der Waals surface area contributed by atoms with Gasteiger partial charge in [-0.05, 0) is 19.0 Å². The standard InChI is InChI=1S/C10H9N/c1-8-6-7-9-4-2-3-5-10(9)11-8/h2-7H,1H3/i1D,2D,3D,4D,5D,6D. The summed E-state index contributed by atoms with van der Waals surface area (Å²) in [6, 6.07) is 0.266. The summed E-state index contributed by atoms with van der Waals surface area (Å²) in [5.41, 5.74) is 0.330. The van der Waals surface area contributed by atoms with Crippen molar-refractivity contribution in [3.8, 4) is 0 Å². The average molecular weight is 149 g/mol. The third-order valence-electron chi connectivity index (χ3n) is 1.33. The van der Waals surface area contributed by atoms with Gasteiger partial charge in [0.05, 0.1) is 12.4 Å². The van der Waals surface area contributed by atoms with Gasteiger partial charge in [0.1, 0.15) is 0 Å². The number of rotatable bonds is 0. The molecule has 1 heterocycles. The summed E-state index contributed by atoms with van der Waals surface area (Å²) in [5, 5.41) is 0.221. The number of aryl methyl sites for hydroxylation is 1. The summed E-state index contributed by atoms with van der Waals surface area (Å²) in [7, 11) is 0. The van der Waals surface area contributed by atoms with Gasteiger partial charge in [0.2, 0.25) is 0 Å². The molecule has 0 aliphatic heterocycles. The van der Waals surface area contributed by atoms with Gasteiger partial charge in [-0.25, -0.2) is 0 Å². The fourth-order valence-electron chi connectivity index (χ4n) is 0.831. The van der Waals surface area contributed by atoms with E-state index in [0.717, 1.165) is 0 Å². The van der Waals surface area contributed by atoms with E-state index in [-0.39, 0.29) is 53.7 Å². The molecule has 0 fully saturated rings. The highest BCUT2D eigenvalue weighted by Gasteiger charge is 1.90. The molecular formula is C10H9N. The number of nitrogens with zero attached hydrogens (tertiary/aromatic N) is 1. The molecule has 1 nitrogen and oxygen atoms in total. The number of hydrogen-bond donors (Lipinski definition) is 0. The first-order valence-corrected chi connectivity index (χ1v) is 3.13. The smallest absolute Gasteiger partial charge is 0.0705 e. The molecule has 2 rings (SSSR count). The lowest BCUT2D eigenvalue weighted by Crippen LogP contribution is -1.80. The Morgan fingerprint density at radius 2 is 2.27 bits per heavy atom. The van der Waals surface area contributed by atoms with Gasteiger partial charge in [0, 0.05) is 12.5 Å². The second-order valence-corrected chi connectivity index (χ2v) is 2.11. The van der Waals surface area contributed by atoms with Gasteiger partial charge in [-0.1, -0.05) is 24.2 Å². The molecule has 11 heavy (non-hydrogen) atoms. The minimum Gasteiger partial charge on any atom is -0.253 e. The summed E-state index contributed by atoms with van der Waals surface area (Å²) < 4.78 is 45.2. The van der Waals surface area contributed by atoms with Crippen molar-refractivity contribution >= 4 is 10.9 Å². The van der Waals surface area contributed by atoms with E-state index >= 15 is 0 Å².